The molecule has 0 radical (unpaired) electrons. The summed E-state index contributed by atoms with van der Waals surface area (Å²) in [5, 5.41) is 17.8. The van der Waals surface area contributed by atoms with Gasteiger partial charge in [0.1, 0.15) is 41.0 Å². The SMILES string of the molecule is C#Cc1c(F)ccc2cc(N)nc(-c3nn(C)c4c5c(N6CCOC[C@@](C)(O)C6)nc(OC[C@@]67CCCN6C/C(=C\F)C7)nc5n(C)c34)c12. The molecule has 2 atom stereocenters. The number of benzene rings is 1. The maximum Gasteiger partial charge on any atom is 0.320 e. The number of aryl methyl sites for hydroxylation is 2. The monoisotopic (exact) mass is 669 g/mol. The number of pyridine rings is 1. The number of nitrogens with zero attached hydrogens (tertiary/aromatic N) is 8. The number of hydrogen-bond acceptors (Lipinski definition) is 10. The van der Waals surface area contributed by atoms with Crippen LogP contribution in [0.3, 0.4) is 0 Å². The van der Waals surface area contributed by atoms with Gasteiger partial charge in [0.15, 0.2) is 5.65 Å². The van der Waals surface area contributed by atoms with Crippen LogP contribution in [0.2, 0.25) is 0 Å². The van der Waals surface area contributed by atoms with E-state index in [0.717, 1.165) is 25.0 Å². The first-order valence-electron chi connectivity index (χ1n) is 16.3. The highest BCUT2D eigenvalue weighted by Gasteiger charge is 2.47. The van der Waals surface area contributed by atoms with Crippen molar-refractivity contribution in [2.45, 2.75) is 37.3 Å². The highest BCUT2D eigenvalue weighted by molar-refractivity contribution is 6.15. The fourth-order valence-electron chi connectivity index (χ4n) is 8.03. The number of fused-ring (bicyclic) bond motifs is 5. The molecule has 4 aromatic heterocycles. The van der Waals surface area contributed by atoms with Crippen LogP contribution in [0.25, 0.3) is 44.2 Å². The third kappa shape index (κ3) is 4.98. The molecule has 7 heterocycles. The van der Waals surface area contributed by atoms with E-state index in [1.165, 1.54) is 6.07 Å². The van der Waals surface area contributed by atoms with Gasteiger partial charge in [0, 0.05) is 32.6 Å². The molecule has 14 heteroatoms. The van der Waals surface area contributed by atoms with Crippen LogP contribution in [-0.4, -0.2) is 96.4 Å². The summed E-state index contributed by atoms with van der Waals surface area (Å²) < 4.78 is 44.5. The highest BCUT2D eigenvalue weighted by Crippen LogP contribution is 2.44. The van der Waals surface area contributed by atoms with Crippen LogP contribution in [0.15, 0.2) is 30.1 Å². The quantitative estimate of drug-likeness (QED) is 0.266. The summed E-state index contributed by atoms with van der Waals surface area (Å²) in [5.41, 5.74) is 8.32. The van der Waals surface area contributed by atoms with Crippen LogP contribution in [0.5, 0.6) is 6.01 Å². The van der Waals surface area contributed by atoms with Crippen molar-refractivity contribution in [1.29, 1.82) is 0 Å². The predicted octanol–water partition coefficient (Wildman–Crippen LogP) is 3.83. The normalized spacial score (nSPS) is 23.9. The molecule has 12 nitrogen and oxygen atoms in total. The van der Waals surface area contributed by atoms with Crippen molar-refractivity contribution in [1.82, 2.24) is 34.2 Å². The van der Waals surface area contributed by atoms with E-state index in [0.29, 0.717) is 89.1 Å². The zero-order valence-electron chi connectivity index (χ0n) is 27.6. The second-order valence-corrected chi connectivity index (χ2v) is 13.8. The summed E-state index contributed by atoms with van der Waals surface area (Å²) in [6, 6.07) is 4.76. The summed E-state index contributed by atoms with van der Waals surface area (Å²) in [5.74, 6) is 2.72. The molecule has 1 aromatic carbocycles. The van der Waals surface area contributed by atoms with Crippen molar-refractivity contribution in [3.8, 4) is 29.7 Å². The highest BCUT2D eigenvalue weighted by atomic mass is 19.1. The van der Waals surface area contributed by atoms with Gasteiger partial charge in [-0.2, -0.15) is 15.1 Å². The number of aromatic nitrogens is 6. The maximum atomic E-state index is 15.1. The Morgan fingerprint density at radius 1 is 1.16 bits per heavy atom. The molecule has 49 heavy (non-hydrogen) atoms. The van der Waals surface area contributed by atoms with Gasteiger partial charge in [-0.25, -0.2) is 13.8 Å². The van der Waals surface area contributed by atoms with E-state index in [9.17, 15) is 9.50 Å². The average molecular weight is 670 g/mol. The van der Waals surface area contributed by atoms with Crippen molar-refractivity contribution in [2.24, 2.45) is 14.1 Å². The van der Waals surface area contributed by atoms with Gasteiger partial charge in [-0.1, -0.05) is 12.0 Å². The molecule has 0 bridgehead atoms. The van der Waals surface area contributed by atoms with Crippen LogP contribution >= 0.6 is 0 Å². The molecule has 3 saturated heterocycles. The lowest BCUT2D eigenvalue weighted by Gasteiger charge is -2.31. The van der Waals surface area contributed by atoms with Gasteiger partial charge in [-0.3, -0.25) is 9.58 Å². The molecule has 3 fully saturated rings. The number of rotatable bonds is 5. The fraction of sp³-hybridized carbons (Fsp3) is 0.429. The number of anilines is 2. The first kappa shape index (κ1) is 31.4. The Hall–Kier alpha value is -4.84. The number of terminal acetylenes is 1. The van der Waals surface area contributed by atoms with E-state index in [1.54, 1.807) is 23.7 Å². The smallest absolute Gasteiger partial charge is 0.320 e. The number of halogens is 2. The molecule has 3 aliphatic heterocycles. The van der Waals surface area contributed by atoms with Crippen molar-refractivity contribution < 1.29 is 23.4 Å². The van der Waals surface area contributed by atoms with Crippen molar-refractivity contribution in [3.05, 3.63) is 41.5 Å². The van der Waals surface area contributed by atoms with Crippen LogP contribution in [0.4, 0.5) is 20.4 Å². The average Bonchev–Trinajstić information content (AvgIpc) is 3.77. The zero-order valence-corrected chi connectivity index (χ0v) is 27.6. The minimum absolute atomic E-state index is 0.0681. The molecule has 3 aliphatic rings. The molecule has 0 spiro atoms. The third-order valence-corrected chi connectivity index (χ3v) is 10.2. The van der Waals surface area contributed by atoms with Crippen LogP contribution in [-0.2, 0) is 18.8 Å². The Labute approximate surface area is 281 Å². The fourth-order valence-corrected chi connectivity index (χ4v) is 8.03. The van der Waals surface area contributed by atoms with Crippen LogP contribution < -0.4 is 15.4 Å². The van der Waals surface area contributed by atoms with E-state index in [4.69, 9.17) is 36.7 Å². The Balaban J connectivity index is 1.34. The lowest BCUT2D eigenvalue weighted by molar-refractivity contribution is -0.0123. The molecule has 3 N–H and O–H groups in total. The molecular formula is C35H37F2N9O3. The molecule has 8 rings (SSSR count). The van der Waals surface area contributed by atoms with E-state index in [2.05, 4.69) is 15.8 Å². The second-order valence-electron chi connectivity index (χ2n) is 13.8. The molecule has 0 amide bonds. The third-order valence-electron chi connectivity index (χ3n) is 10.2. The minimum Gasteiger partial charge on any atom is -0.461 e. The molecule has 5 aromatic rings. The van der Waals surface area contributed by atoms with Gasteiger partial charge in [0.05, 0.1) is 53.6 Å². The summed E-state index contributed by atoms with van der Waals surface area (Å²) in [6.07, 6.45) is 9.02. The van der Waals surface area contributed by atoms with Crippen molar-refractivity contribution in [2.75, 3.05) is 56.6 Å². The van der Waals surface area contributed by atoms with Gasteiger partial charge in [-0.05, 0) is 55.8 Å². The van der Waals surface area contributed by atoms with E-state index in [-0.39, 0.29) is 36.1 Å². The van der Waals surface area contributed by atoms with E-state index in [1.807, 2.05) is 23.6 Å². The van der Waals surface area contributed by atoms with Crippen LogP contribution in [0.1, 0.15) is 31.7 Å². The number of ether oxygens (including phenoxy) is 2. The van der Waals surface area contributed by atoms with Crippen LogP contribution in [0, 0.1) is 18.2 Å². The minimum atomic E-state index is -1.15. The van der Waals surface area contributed by atoms with Gasteiger partial charge < -0.3 is 29.8 Å². The molecule has 0 saturated carbocycles. The number of aliphatic hydroxyl groups is 1. The summed E-state index contributed by atoms with van der Waals surface area (Å²) in [6.45, 7) is 4.74. The largest absolute Gasteiger partial charge is 0.461 e. The lowest BCUT2D eigenvalue weighted by Crippen LogP contribution is -2.44. The van der Waals surface area contributed by atoms with Gasteiger partial charge >= 0.3 is 6.01 Å². The number of β-amino-alcohol motifs (C(OH)–C–C–N with tert-alkyl or cyclic N) is 1. The van der Waals surface area contributed by atoms with Crippen molar-refractivity contribution in [3.63, 3.8) is 0 Å². The number of hydrogen-bond donors (Lipinski definition) is 2. The maximum absolute atomic E-state index is 15.1. The lowest BCUT2D eigenvalue weighted by atomic mass is 9.94. The predicted molar refractivity (Wildman–Crippen MR) is 182 cm³/mol. The summed E-state index contributed by atoms with van der Waals surface area (Å²) >= 11 is 0. The van der Waals surface area contributed by atoms with E-state index >= 15 is 4.39 Å². The van der Waals surface area contributed by atoms with Crippen molar-refractivity contribution >= 4 is 44.5 Å². The Morgan fingerprint density at radius 3 is 2.80 bits per heavy atom. The summed E-state index contributed by atoms with van der Waals surface area (Å²) in [7, 11) is 3.67. The Bertz CT molecular complexity index is 2240. The summed E-state index contributed by atoms with van der Waals surface area (Å²) in [4.78, 5) is 18.8. The zero-order chi connectivity index (χ0) is 34.2. The Kier molecular flexibility index (Phi) is 7.29. The second kappa shape index (κ2) is 11.4. The van der Waals surface area contributed by atoms with Gasteiger partial charge in [0.2, 0.25) is 0 Å². The molecule has 0 unspecified atom stereocenters. The number of nitrogens with two attached hydrogens (primary N) is 1. The topological polar surface area (TPSA) is 133 Å². The Morgan fingerprint density at radius 2 is 2.00 bits per heavy atom. The standard InChI is InChI=1S/C35H37F2N9O3/c1-5-22-23(37)8-7-21-13-24(38)39-27(25(21)22)28-30-29(44(4)42-28)26-31(43(30)3)40-33(41-32(26)45-11-12-48-18-34(2,47)17-45)49-19-35-9-6-10-46(35)16-20(14-35)15-36/h1,7-8,13,15,47H,6,9-12,14,16-19H2,2-4H3,(H2,38,39)/b20-15-/t34-,35-/m0/s1. The molecular weight excluding hydrogens is 632 g/mol. The van der Waals surface area contributed by atoms with E-state index < -0.39 is 11.4 Å². The van der Waals surface area contributed by atoms with Gasteiger partial charge in [0.25, 0.3) is 0 Å². The molecule has 254 valence electrons. The number of nitrogen functional groups attached to an aromatic ring is 1. The molecule has 0 aliphatic carbocycles. The first-order chi connectivity index (χ1) is 23.5. The van der Waals surface area contributed by atoms with Gasteiger partial charge in [-0.15, -0.1) is 6.42 Å². The first-order valence-corrected chi connectivity index (χ1v) is 16.3.